The smallest absolute Gasteiger partial charge is 0.283 e. The maximum absolute atomic E-state index is 11.5. The second-order valence-electron chi connectivity index (χ2n) is 4.65. The van der Waals surface area contributed by atoms with Crippen molar-refractivity contribution in [2.24, 2.45) is 0 Å². The standard InChI is InChI=1S/C9H19N3O8S2/c1-7(2)12(3-8(13)10-5-21(15,16)17)4-9(14)11-6-22(18,19)20/h7H,3-6H2,1-2H3,(H,10,13)(H,11,14)(H,15,16,17)(H,18,19,20). The van der Waals surface area contributed by atoms with E-state index >= 15 is 0 Å². The summed E-state index contributed by atoms with van der Waals surface area (Å²) in [5.41, 5.74) is 0. The first-order chi connectivity index (χ1) is 9.80. The van der Waals surface area contributed by atoms with Crippen LogP contribution in [0.2, 0.25) is 0 Å². The van der Waals surface area contributed by atoms with Gasteiger partial charge in [0.15, 0.2) is 0 Å². The molecule has 0 fully saturated rings. The summed E-state index contributed by atoms with van der Waals surface area (Å²) in [4.78, 5) is 24.3. The van der Waals surface area contributed by atoms with Crippen LogP contribution >= 0.6 is 0 Å². The maximum atomic E-state index is 11.5. The van der Waals surface area contributed by atoms with Crippen molar-refractivity contribution in [1.82, 2.24) is 15.5 Å². The van der Waals surface area contributed by atoms with Crippen LogP contribution in [0.3, 0.4) is 0 Å². The molecule has 11 nitrogen and oxygen atoms in total. The molecule has 0 aromatic heterocycles. The summed E-state index contributed by atoms with van der Waals surface area (Å²) in [7, 11) is -8.69. The number of rotatable bonds is 9. The van der Waals surface area contributed by atoms with Crippen LogP contribution < -0.4 is 10.6 Å². The second-order valence-corrected chi connectivity index (χ2v) is 7.56. The lowest BCUT2D eigenvalue weighted by molar-refractivity contribution is -0.125. The number of hydrogen-bond acceptors (Lipinski definition) is 7. The molecule has 0 spiro atoms. The summed E-state index contributed by atoms with van der Waals surface area (Å²) >= 11 is 0. The van der Waals surface area contributed by atoms with Gasteiger partial charge in [0, 0.05) is 6.04 Å². The average molecular weight is 361 g/mol. The summed E-state index contributed by atoms with van der Waals surface area (Å²) in [6.45, 7) is 2.64. The Balaban J connectivity index is 4.49. The molecule has 2 amide bonds. The largest absolute Gasteiger partial charge is 0.339 e. The van der Waals surface area contributed by atoms with Crippen LogP contribution in [0.4, 0.5) is 0 Å². The van der Waals surface area contributed by atoms with Crippen LogP contribution in [0.15, 0.2) is 0 Å². The Morgan fingerprint density at radius 3 is 1.45 bits per heavy atom. The lowest BCUT2D eigenvalue weighted by atomic mass is 10.3. The van der Waals surface area contributed by atoms with Crippen molar-refractivity contribution in [3.8, 4) is 0 Å². The molecule has 0 rings (SSSR count). The fourth-order valence-corrected chi connectivity index (χ4v) is 1.93. The van der Waals surface area contributed by atoms with Gasteiger partial charge in [-0.2, -0.15) is 16.8 Å². The number of hydrogen-bond donors (Lipinski definition) is 4. The number of carbonyl (C=O) groups is 2. The number of amides is 2. The van der Waals surface area contributed by atoms with Gasteiger partial charge in [0.25, 0.3) is 20.2 Å². The molecular weight excluding hydrogens is 342 g/mol. The lowest BCUT2D eigenvalue weighted by Gasteiger charge is -2.24. The lowest BCUT2D eigenvalue weighted by Crippen LogP contribution is -2.47. The van der Waals surface area contributed by atoms with Crippen molar-refractivity contribution in [3.63, 3.8) is 0 Å². The summed E-state index contributed by atoms with van der Waals surface area (Å²) in [5.74, 6) is -3.39. The van der Waals surface area contributed by atoms with Gasteiger partial charge in [0.1, 0.15) is 11.8 Å². The van der Waals surface area contributed by atoms with Crippen molar-refractivity contribution in [2.75, 3.05) is 24.8 Å². The van der Waals surface area contributed by atoms with E-state index in [1.165, 1.54) is 4.90 Å². The van der Waals surface area contributed by atoms with Crippen LogP contribution in [0, 0.1) is 0 Å². The molecule has 130 valence electrons. The molecule has 0 unspecified atom stereocenters. The van der Waals surface area contributed by atoms with Crippen molar-refractivity contribution in [1.29, 1.82) is 0 Å². The van der Waals surface area contributed by atoms with Crippen molar-refractivity contribution in [2.45, 2.75) is 19.9 Å². The van der Waals surface area contributed by atoms with Gasteiger partial charge in [0.2, 0.25) is 11.8 Å². The normalized spacial score (nSPS) is 12.5. The van der Waals surface area contributed by atoms with E-state index < -0.39 is 43.8 Å². The molecule has 0 bridgehead atoms. The minimum Gasteiger partial charge on any atom is -0.339 e. The summed E-state index contributed by atoms with van der Waals surface area (Å²) in [6.07, 6.45) is 0. The second kappa shape index (κ2) is 8.38. The van der Waals surface area contributed by atoms with Crippen LogP contribution in [0.5, 0.6) is 0 Å². The van der Waals surface area contributed by atoms with Crippen molar-refractivity contribution in [3.05, 3.63) is 0 Å². The first-order valence-corrected chi connectivity index (χ1v) is 9.20. The zero-order chi connectivity index (χ0) is 17.6. The number of carbonyl (C=O) groups excluding carboxylic acids is 2. The van der Waals surface area contributed by atoms with Crippen molar-refractivity contribution >= 4 is 32.1 Å². The van der Waals surface area contributed by atoms with Gasteiger partial charge in [-0.3, -0.25) is 23.6 Å². The molecule has 0 aromatic carbocycles. The van der Waals surface area contributed by atoms with Gasteiger partial charge >= 0.3 is 0 Å². The fraction of sp³-hybridized carbons (Fsp3) is 0.778. The van der Waals surface area contributed by atoms with E-state index in [2.05, 4.69) is 0 Å². The van der Waals surface area contributed by atoms with Crippen LogP contribution in [0.25, 0.3) is 0 Å². The Bertz CT molecular complexity index is 548. The third kappa shape index (κ3) is 11.4. The zero-order valence-corrected chi connectivity index (χ0v) is 13.6. The minimum absolute atomic E-state index is 0.284. The minimum atomic E-state index is -4.35. The molecule has 0 aromatic rings. The van der Waals surface area contributed by atoms with Crippen LogP contribution in [-0.2, 0) is 29.8 Å². The highest BCUT2D eigenvalue weighted by Gasteiger charge is 2.19. The molecule has 0 saturated heterocycles. The summed E-state index contributed by atoms with van der Waals surface area (Å²) in [6, 6.07) is -0.284. The highest BCUT2D eigenvalue weighted by atomic mass is 32.2. The van der Waals surface area contributed by atoms with Gasteiger partial charge in [-0.1, -0.05) is 0 Å². The van der Waals surface area contributed by atoms with Crippen LogP contribution in [0.1, 0.15) is 13.8 Å². The number of nitrogens with zero attached hydrogens (tertiary/aromatic N) is 1. The Hall–Kier alpha value is -1.28. The van der Waals surface area contributed by atoms with E-state index in [1.54, 1.807) is 13.8 Å². The van der Waals surface area contributed by atoms with Gasteiger partial charge < -0.3 is 10.6 Å². The molecule has 22 heavy (non-hydrogen) atoms. The van der Waals surface area contributed by atoms with E-state index in [4.69, 9.17) is 9.11 Å². The first-order valence-electron chi connectivity index (χ1n) is 5.98. The Kier molecular flexibility index (Phi) is 7.89. The fourth-order valence-electron chi connectivity index (χ4n) is 1.25. The van der Waals surface area contributed by atoms with E-state index in [1.807, 2.05) is 10.6 Å². The third-order valence-electron chi connectivity index (χ3n) is 2.33. The molecule has 0 aliphatic rings. The highest BCUT2D eigenvalue weighted by molar-refractivity contribution is 7.86. The molecule has 13 heteroatoms. The van der Waals surface area contributed by atoms with Gasteiger partial charge in [-0.25, -0.2) is 0 Å². The monoisotopic (exact) mass is 361 g/mol. The topological polar surface area (TPSA) is 170 Å². The average Bonchev–Trinajstić information content (AvgIpc) is 2.31. The van der Waals surface area contributed by atoms with Gasteiger partial charge in [-0.15, -0.1) is 0 Å². The maximum Gasteiger partial charge on any atom is 0.283 e. The molecule has 4 N–H and O–H groups in total. The predicted molar refractivity (Wildman–Crippen MR) is 75.8 cm³/mol. The van der Waals surface area contributed by atoms with E-state index in [9.17, 15) is 26.4 Å². The molecule has 0 radical (unpaired) electrons. The quantitative estimate of drug-likeness (QED) is 0.327. The van der Waals surface area contributed by atoms with E-state index in [-0.39, 0.29) is 19.1 Å². The zero-order valence-electron chi connectivity index (χ0n) is 12.0. The third-order valence-corrected chi connectivity index (χ3v) is 3.35. The molecule has 0 aliphatic heterocycles. The summed E-state index contributed by atoms with van der Waals surface area (Å²) in [5, 5.41) is 3.90. The molecular formula is C9H19N3O8S2. The Morgan fingerprint density at radius 1 is 0.909 bits per heavy atom. The molecule has 0 heterocycles. The predicted octanol–water partition coefficient (Wildman–Crippen LogP) is -2.38. The molecule has 0 saturated carbocycles. The van der Waals surface area contributed by atoms with E-state index in [0.29, 0.717) is 0 Å². The SMILES string of the molecule is CC(C)N(CC(=O)NCS(=O)(=O)O)CC(=O)NCS(=O)(=O)O. The Morgan fingerprint density at radius 2 is 1.23 bits per heavy atom. The van der Waals surface area contributed by atoms with Crippen LogP contribution in [-0.4, -0.2) is 73.5 Å². The van der Waals surface area contributed by atoms with E-state index in [0.717, 1.165) is 0 Å². The van der Waals surface area contributed by atoms with Gasteiger partial charge in [0.05, 0.1) is 13.1 Å². The Labute approximate surface area is 128 Å². The first kappa shape index (κ1) is 20.7. The number of nitrogens with one attached hydrogen (secondary N) is 2. The molecule has 0 atom stereocenters. The highest BCUT2D eigenvalue weighted by Crippen LogP contribution is 1.97. The van der Waals surface area contributed by atoms with Crippen molar-refractivity contribution < 1.29 is 35.5 Å². The van der Waals surface area contributed by atoms with Gasteiger partial charge in [-0.05, 0) is 13.8 Å². The summed E-state index contributed by atoms with van der Waals surface area (Å²) < 4.78 is 59.0. The molecule has 0 aliphatic carbocycles.